The number of ether oxygens (including phenoxy) is 2. The minimum absolute atomic E-state index is 0.0405. The second kappa shape index (κ2) is 6.80. The molecule has 21 heavy (non-hydrogen) atoms. The molecule has 0 amide bonds. The van der Waals surface area contributed by atoms with E-state index in [0.29, 0.717) is 24.5 Å². The molecule has 0 bridgehead atoms. The Balaban J connectivity index is 2.24. The van der Waals surface area contributed by atoms with E-state index in [2.05, 4.69) is 0 Å². The Morgan fingerprint density at radius 3 is 2.86 bits per heavy atom. The van der Waals surface area contributed by atoms with Crippen LogP contribution in [0.5, 0.6) is 11.5 Å². The van der Waals surface area contributed by atoms with E-state index in [1.54, 1.807) is 7.11 Å². The van der Waals surface area contributed by atoms with Crippen molar-refractivity contribution in [1.29, 1.82) is 0 Å². The molecule has 1 aliphatic rings. The smallest absolute Gasteiger partial charge is 0.320 e. The van der Waals surface area contributed by atoms with Gasteiger partial charge in [-0.15, -0.1) is 0 Å². The lowest BCUT2D eigenvalue weighted by Gasteiger charge is -2.29. The Morgan fingerprint density at radius 2 is 2.24 bits per heavy atom. The van der Waals surface area contributed by atoms with Crippen molar-refractivity contribution in [3.05, 3.63) is 23.8 Å². The molecule has 0 aliphatic carbocycles. The minimum atomic E-state index is -0.738. The van der Waals surface area contributed by atoms with Gasteiger partial charge in [-0.2, -0.15) is 0 Å². The molecule has 1 heterocycles. The van der Waals surface area contributed by atoms with Gasteiger partial charge in [0.1, 0.15) is 6.04 Å². The number of aliphatic carboxylic acids is 1. The molecule has 1 fully saturated rings. The fourth-order valence-corrected chi connectivity index (χ4v) is 2.93. The first-order valence-electron chi connectivity index (χ1n) is 7.37. The van der Waals surface area contributed by atoms with Gasteiger partial charge in [0.25, 0.3) is 0 Å². The zero-order chi connectivity index (χ0) is 15.4. The summed E-state index contributed by atoms with van der Waals surface area (Å²) in [7, 11) is 1.61. The molecule has 0 saturated carbocycles. The maximum Gasteiger partial charge on any atom is 0.320 e. The number of hydrogen-bond acceptors (Lipinski definition) is 4. The van der Waals surface area contributed by atoms with Crippen LogP contribution < -0.4 is 9.47 Å². The number of nitrogens with zero attached hydrogens (tertiary/aromatic N) is 1. The van der Waals surface area contributed by atoms with Crippen molar-refractivity contribution in [3.8, 4) is 11.5 Å². The van der Waals surface area contributed by atoms with Gasteiger partial charge in [0, 0.05) is 6.04 Å². The first-order valence-corrected chi connectivity index (χ1v) is 7.37. The summed E-state index contributed by atoms with van der Waals surface area (Å²) in [6, 6.07) is 5.45. The molecule has 1 aliphatic heterocycles. The Hall–Kier alpha value is -1.75. The topological polar surface area (TPSA) is 59.0 Å². The number of carbonyl (C=O) groups is 1. The lowest BCUT2D eigenvalue weighted by molar-refractivity contribution is -0.142. The van der Waals surface area contributed by atoms with Crippen molar-refractivity contribution < 1.29 is 19.4 Å². The van der Waals surface area contributed by atoms with Crippen LogP contribution in [0.25, 0.3) is 0 Å². The number of carboxylic acids is 1. The highest BCUT2D eigenvalue weighted by Crippen LogP contribution is 2.34. The second-order valence-electron chi connectivity index (χ2n) is 5.25. The summed E-state index contributed by atoms with van der Waals surface area (Å²) in [5, 5.41) is 9.31. The summed E-state index contributed by atoms with van der Waals surface area (Å²) in [4.78, 5) is 13.4. The van der Waals surface area contributed by atoms with E-state index in [0.717, 1.165) is 18.5 Å². The van der Waals surface area contributed by atoms with Gasteiger partial charge >= 0.3 is 5.97 Å². The third-order valence-corrected chi connectivity index (χ3v) is 4.05. The summed E-state index contributed by atoms with van der Waals surface area (Å²) in [5.41, 5.74) is 1.05. The average Bonchev–Trinajstić information content (AvgIpc) is 2.96. The molecule has 1 saturated heterocycles. The predicted octanol–water partition coefficient (Wildman–Crippen LogP) is 2.70. The number of carboxylic acid groups (broad SMARTS) is 1. The quantitative estimate of drug-likeness (QED) is 0.874. The van der Waals surface area contributed by atoms with Crippen LogP contribution in [-0.2, 0) is 4.79 Å². The largest absolute Gasteiger partial charge is 0.493 e. The van der Waals surface area contributed by atoms with E-state index in [9.17, 15) is 9.90 Å². The molecule has 1 N–H and O–H groups in total. The molecule has 5 heteroatoms. The standard InChI is InChI=1S/C16H23NO4/c1-4-21-15-10-12(7-8-14(15)20-3)11(2)17-9-5-6-13(17)16(18)19/h7-8,10-11,13H,4-6,9H2,1-3H3,(H,18,19). The van der Waals surface area contributed by atoms with Crippen molar-refractivity contribution in [2.75, 3.05) is 20.3 Å². The van der Waals surface area contributed by atoms with Crippen molar-refractivity contribution in [1.82, 2.24) is 4.90 Å². The molecule has 2 rings (SSSR count). The first-order chi connectivity index (χ1) is 10.1. The van der Waals surface area contributed by atoms with E-state index < -0.39 is 12.0 Å². The fourth-order valence-electron chi connectivity index (χ4n) is 2.93. The molecule has 116 valence electrons. The Bertz CT molecular complexity index is 503. The van der Waals surface area contributed by atoms with Crippen LogP contribution in [0.1, 0.15) is 38.3 Å². The molecule has 0 aromatic heterocycles. The normalized spacial score (nSPS) is 20.2. The van der Waals surface area contributed by atoms with Gasteiger partial charge in [0.2, 0.25) is 0 Å². The number of hydrogen-bond donors (Lipinski definition) is 1. The van der Waals surface area contributed by atoms with Crippen LogP contribution in [0.4, 0.5) is 0 Å². The van der Waals surface area contributed by atoms with Gasteiger partial charge in [0.15, 0.2) is 11.5 Å². The molecule has 1 aromatic carbocycles. The highest BCUT2D eigenvalue weighted by Gasteiger charge is 2.34. The maximum atomic E-state index is 11.3. The fraction of sp³-hybridized carbons (Fsp3) is 0.562. The van der Waals surface area contributed by atoms with Crippen molar-refractivity contribution >= 4 is 5.97 Å². The van der Waals surface area contributed by atoms with E-state index in [-0.39, 0.29) is 6.04 Å². The minimum Gasteiger partial charge on any atom is -0.493 e. The van der Waals surface area contributed by atoms with Gasteiger partial charge in [0.05, 0.1) is 13.7 Å². The molecule has 2 unspecified atom stereocenters. The second-order valence-corrected chi connectivity index (χ2v) is 5.25. The van der Waals surface area contributed by atoms with Gasteiger partial charge in [-0.3, -0.25) is 9.69 Å². The Labute approximate surface area is 125 Å². The monoisotopic (exact) mass is 293 g/mol. The van der Waals surface area contributed by atoms with E-state index in [1.165, 1.54) is 0 Å². The third-order valence-electron chi connectivity index (χ3n) is 4.05. The summed E-state index contributed by atoms with van der Waals surface area (Å²) < 4.78 is 10.9. The van der Waals surface area contributed by atoms with Crippen molar-refractivity contribution in [2.24, 2.45) is 0 Å². The third kappa shape index (κ3) is 3.29. The van der Waals surface area contributed by atoms with Gasteiger partial charge in [-0.1, -0.05) is 6.07 Å². The molecular weight excluding hydrogens is 270 g/mol. The summed E-state index contributed by atoms with van der Waals surface area (Å²) in [6.07, 6.45) is 1.64. The van der Waals surface area contributed by atoms with Crippen LogP contribution in [0, 0.1) is 0 Å². The van der Waals surface area contributed by atoms with Crippen LogP contribution >= 0.6 is 0 Å². The van der Waals surface area contributed by atoms with Crippen molar-refractivity contribution in [2.45, 2.75) is 38.8 Å². The zero-order valence-corrected chi connectivity index (χ0v) is 12.8. The van der Waals surface area contributed by atoms with Gasteiger partial charge in [-0.05, 0) is 50.9 Å². The maximum absolute atomic E-state index is 11.3. The molecule has 5 nitrogen and oxygen atoms in total. The SMILES string of the molecule is CCOc1cc(C(C)N2CCCC2C(=O)O)ccc1OC. The molecular formula is C16H23NO4. The van der Waals surface area contributed by atoms with E-state index in [1.807, 2.05) is 36.9 Å². The predicted molar refractivity (Wildman–Crippen MR) is 79.9 cm³/mol. The van der Waals surface area contributed by atoms with Crippen molar-refractivity contribution in [3.63, 3.8) is 0 Å². The van der Waals surface area contributed by atoms with Crippen LogP contribution in [0.2, 0.25) is 0 Å². The van der Waals surface area contributed by atoms with Crippen LogP contribution in [0.3, 0.4) is 0 Å². The molecule has 1 aromatic rings. The lowest BCUT2D eigenvalue weighted by atomic mass is 10.0. The van der Waals surface area contributed by atoms with Gasteiger partial charge in [-0.25, -0.2) is 0 Å². The summed E-state index contributed by atoms with van der Waals surface area (Å²) in [5.74, 6) is 0.664. The van der Waals surface area contributed by atoms with Crippen LogP contribution in [0.15, 0.2) is 18.2 Å². The zero-order valence-electron chi connectivity index (χ0n) is 12.8. The number of rotatable bonds is 6. The lowest BCUT2D eigenvalue weighted by Crippen LogP contribution is -2.37. The van der Waals surface area contributed by atoms with E-state index in [4.69, 9.17) is 9.47 Å². The Kier molecular flexibility index (Phi) is 5.07. The summed E-state index contributed by atoms with van der Waals surface area (Å²) >= 11 is 0. The number of likely N-dealkylation sites (tertiary alicyclic amines) is 1. The number of benzene rings is 1. The van der Waals surface area contributed by atoms with Gasteiger partial charge < -0.3 is 14.6 Å². The average molecular weight is 293 g/mol. The Morgan fingerprint density at radius 1 is 1.48 bits per heavy atom. The molecule has 0 radical (unpaired) electrons. The summed E-state index contributed by atoms with van der Waals surface area (Å²) in [6.45, 7) is 5.35. The molecule has 0 spiro atoms. The van der Waals surface area contributed by atoms with E-state index >= 15 is 0 Å². The van der Waals surface area contributed by atoms with Crippen LogP contribution in [-0.4, -0.2) is 42.3 Å². The highest BCUT2D eigenvalue weighted by atomic mass is 16.5. The first kappa shape index (κ1) is 15.6. The molecule has 2 atom stereocenters. The highest BCUT2D eigenvalue weighted by molar-refractivity contribution is 5.73. The number of methoxy groups -OCH3 is 1.